The molecule has 0 radical (unpaired) electrons. The molecule has 4 aromatic carbocycles. The van der Waals surface area contributed by atoms with E-state index in [0.717, 1.165) is 69.4 Å². The van der Waals surface area contributed by atoms with Crippen LogP contribution in [0.5, 0.6) is 5.75 Å². The number of hydrogen-bond acceptors (Lipinski definition) is 6. The summed E-state index contributed by atoms with van der Waals surface area (Å²) < 4.78 is 14.4. The van der Waals surface area contributed by atoms with Crippen LogP contribution in [0.4, 0.5) is 0 Å². The van der Waals surface area contributed by atoms with Crippen molar-refractivity contribution in [3.63, 3.8) is 0 Å². The zero-order valence-corrected chi connectivity index (χ0v) is 27.1. The number of esters is 1. The number of aliphatic hydroxyl groups is 1. The van der Waals surface area contributed by atoms with Gasteiger partial charge in [0.25, 0.3) is 5.56 Å². The molecule has 49 heavy (non-hydrogen) atoms. The van der Waals surface area contributed by atoms with Gasteiger partial charge in [-0.05, 0) is 49.4 Å². The molecule has 0 fully saturated rings. The van der Waals surface area contributed by atoms with E-state index in [1.807, 2.05) is 30.3 Å². The van der Waals surface area contributed by atoms with E-state index in [1.54, 1.807) is 17.6 Å². The Morgan fingerprint density at radius 2 is 1.43 bits per heavy atom. The monoisotopic (exact) mass is 646 g/mol. The van der Waals surface area contributed by atoms with Crippen LogP contribution in [0.2, 0.25) is 0 Å². The molecular formula is C42H34N2O5. The van der Waals surface area contributed by atoms with Crippen molar-refractivity contribution in [2.75, 3.05) is 0 Å². The quantitative estimate of drug-likeness (QED) is 0.156. The SMILES string of the molecule is CC[C@@]1(O)C(=O)OCc2c1cc1n(c2=O)Cc2c-1nc1ccc(OC(c3ccccc3)(c3ccccc3)c3ccccc3)c3c1c2CCC3. The van der Waals surface area contributed by atoms with Crippen LogP contribution < -0.4 is 10.3 Å². The molecular weight excluding hydrogens is 612 g/mol. The van der Waals surface area contributed by atoms with Gasteiger partial charge < -0.3 is 19.1 Å². The van der Waals surface area contributed by atoms with E-state index in [4.69, 9.17) is 14.5 Å². The molecule has 0 saturated heterocycles. The highest BCUT2D eigenvalue weighted by Gasteiger charge is 2.46. The van der Waals surface area contributed by atoms with E-state index in [9.17, 15) is 14.7 Å². The maximum atomic E-state index is 13.9. The van der Waals surface area contributed by atoms with Gasteiger partial charge in [0.05, 0.1) is 29.0 Å². The third-order valence-corrected chi connectivity index (χ3v) is 10.7. The first-order valence-corrected chi connectivity index (χ1v) is 16.9. The summed E-state index contributed by atoms with van der Waals surface area (Å²) in [4.78, 5) is 31.7. The van der Waals surface area contributed by atoms with Crippen LogP contribution in [0.3, 0.4) is 0 Å². The first-order chi connectivity index (χ1) is 23.9. The minimum absolute atomic E-state index is 0.105. The Kier molecular flexibility index (Phi) is 6.65. The zero-order chi connectivity index (χ0) is 33.3. The maximum Gasteiger partial charge on any atom is 0.343 e. The Morgan fingerprint density at radius 1 is 0.816 bits per heavy atom. The normalized spacial score (nSPS) is 17.6. The predicted octanol–water partition coefficient (Wildman–Crippen LogP) is 6.94. The van der Waals surface area contributed by atoms with E-state index < -0.39 is 17.2 Å². The summed E-state index contributed by atoms with van der Waals surface area (Å²) in [7, 11) is 0. The van der Waals surface area contributed by atoms with Crippen molar-refractivity contribution < 1.29 is 19.4 Å². The fraction of sp³-hybridized carbons (Fsp3) is 0.214. The first-order valence-electron chi connectivity index (χ1n) is 16.9. The molecule has 242 valence electrons. The highest BCUT2D eigenvalue weighted by atomic mass is 16.6. The minimum atomic E-state index is -1.86. The lowest BCUT2D eigenvalue weighted by Gasteiger charge is -2.37. The number of benzene rings is 4. The number of aromatic nitrogens is 2. The fourth-order valence-corrected chi connectivity index (χ4v) is 8.24. The summed E-state index contributed by atoms with van der Waals surface area (Å²) in [5.41, 5.74) is 6.19. The molecule has 0 amide bonds. The van der Waals surface area contributed by atoms with Gasteiger partial charge in [-0.2, -0.15) is 0 Å². The second kappa shape index (κ2) is 11.0. The van der Waals surface area contributed by atoms with Crippen LogP contribution in [0.1, 0.15) is 64.3 Å². The van der Waals surface area contributed by atoms with E-state index in [1.165, 1.54) is 5.56 Å². The highest BCUT2D eigenvalue weighted by molar-refractivity contribution is 5.93. The van der Waals surface area contributed by atoms with Gasteiger partial charge in [-0.15, -0.1) is 0 Å². The third kappa shape index (κ3) is 4.21. The summed E-state index contributed by atoms with van der Waals surface area (Å²) in [5, 5.41) is 12.4. The number of nitrogens with zero attached hydrogens (tertiary/aromatic N) is 2. The second-order valence-electron chi connectivity index (χ2n) is 13.2. The van der Waals surface area contributed by atoms with Crippen molar-refractivity contribution in [1.29, 1.82) is 0 Å². The Morgan fingerprint density at radius 3 is 2.04 bits per heavy atom. The summed E-state index contributed by atoms with van der Waals surface area (Å²) in [6.45, 7) is 1.94. The number of cyclic esters (lactones) is 1. The van der Waals surface area contributed by atoms with Crippen LogP contribution >= 0.6 is 0 Å². The van der Waals surface area contributed by atoms with Gasteiger partial charge in [0.2, 0.25) is 0 Å². The molecule has 1 N–H and O–H groups in total. The van der Waals surface area contributed by atoms with Crippen molar-refractivity contribution in [3.8, 4) is 17.1 Å². The average molecular weight is 647 g/mol. The molecule has 1 atom stereocenters. The molecule has 0 bridgehead atoms. The summed E-state index contributed by atoms with van der Waals surface area (Å²) >= 11 is 0. The number of ether oxygens (including phenoxy) is 2. The van der Waals surface area contributed by atoms with Crippen molar-refractivity contribution in [2.45, 2.75) is 57.0 Å². The number of hydrogen-bond donors (Lipinski definition) is 1. The molecule has 1 aliphatic carbocycles. The lowest BCUT2D eigenvalue weighted by Crippen LogP contribution is -2.44. The number of fused-ring (bicyclic) bond motifs is 5. The Labute approximate surface area is 283 Å². The van der Waals surface area contributed by atoms with Crippen LogP contribution in [0.15, 0.2) is 114 Å². The van der Waals surface area contributed by atoms with Gasteiger partial charge in [-0.3, -0.25) is 4.79 Å². The van der Waals surface area contributed by atoms with Crippen LogP contribution in [-0.2, 0) is 46.7 Å². The second-order valence-corrected chi connectivity index (χ2v) is 13.2. The molecule has 0 spiro atoms. The molecule has 7 nitrogen and oxygen atoms in total. The number of carbonyl (C=O) groups is 1. The largest absolute Gasteiger partial charge is 0.473 e. The molecule has 0 saturated carbocycles. The van der Waals surface area contributed by atoms with E-state index in [-0.39, 0.29) is 18.6 Å². The Hall–Kier alpha value is -5.53. The van der Waals surface area contributed by atoms with Gasteiger partial charge in [0.15, 0.2) is 11.2 Å². The van der Waals surface area contributed by atoms with Crippen molar-refractivity contribution in [1.82, 2.24) is 9.55 Å². The highest BCUT2D eigenvalue weighted by Crippen LogP contribution is 2.47. The average Bonchev–Trinajstić information content (AvgIpc) is 3.53. The Bertz CT molecular complexity index is 2250. The van der Waals surface area contributed by atoms with Gasteiger partial charge in [0.1, 0.15) is 12.4 Å². The van der Waals surface area contributed by atoms with Crippen molar-refractivity contribution in [3.05, 3.63) is 164 Å². The number of aryl methyl sites for hydroxylation is 2. The number of rotatable bonds is 6. The lowest BCUT2D eigenvalue weighted by atomic mass is 9.79. The van der Waals surface area contributed by atoms with Gasteiger partial charge in [-0.1, -0.05) is 97.9 Å². The lowest BCUT2D eigenvalue weighted by molar-refractivity contribution is -0.172. The molecule has 9 rings (SSSR count). The van der Waals surface area contributed by atoms with Crippen LogP contribution in [0.25, 0.3) is 22.3 Å². The molecule has 2 aromatic heterocycles. The van der Waals surface area contributed by atoms with Crippen molar-refractivity contribution in [2.24, 2.45) is 0 Å². The van der Waals surface area contributed by atoms with Crippen LogP contribution in [0, 0.1) is 0 Å². The van der Waals surface area contributed by atoms with E-state index in [2.05, 4.69) is 72.8 Å². The minimum Gasteiger partial charge on any atom is -0.473 e. The Balaban J connectivity index is 1.25. The van der Waals surface area contributed by atoms with E-state index in [0.29, 0.717) is 23.4 Å². The molecule has 0 unspecified atom stereocenters. The fourth-order valence-electron chi connectivity index (χ4n) is 8.24. The number of carbonyl (C=O) groups excluding carboxylic acids is 1. The topological polar surface area (TPSA) is 90.7 Å². The molecule has 4 heterocycles. The zero-order valence-electron chi connectivity index (χ0n) is 27.1. The summed E-state index contributed by atoms with van der Waals surface area (Å²) in [5.74, 6) is 0.0833. The van der Waals surface area contributed by atoms with Crippen molar-refractivity contribution >= 4 is 16.9 Å². The third-order valence-electron chi connectivity index (χ3n) is 10.7. The van der Waals surface area contributed by atoms with Crippen LogP contribution in [-0.4, -0.2) is 20.6 Å². The molecule has 3 aliphatic rings. The van der Waals surface area contributed by atoms with Gasteiger partial charge in [0, 0.05) is 38.8 Å². The smallest absolute Gasteiger partial charge is 0.343 e. The molecule has 7 heteroatoms. The van der Waals surface area contributed by atoms with Gasteiger partial charge in [-0.25, -0.2) is 9.78 Å². The molecule has 6 aromatic rings. The summed E-state index contributed by atoms with van der Waals surface area (Å²) in [6.07, 6.45) is 2.71. The standard InChI is InChI=1S/C42H34N2O5/c1-2-41(47)33-23-35-38-31(24-44(35)39(45)32(33)25-48-40(41)46)29-19-12-20-30-36(22-21-34(43-38)37(29)30)49-42(26-13-6-3-7-14-26,27-15-8-4-9-16-27)28-17-10-5-11-18-28/h3-11,13-18,21-23,47H,2,12,19-20,24-25H2,1H3/t41-/m0/s1. The first kappa shape index (κ1) is 29.6. The number of pyridine rings is 2. The maximum absolute atomic E-state index is 13.9. The van der Waals surface area contributed by atoms with E-state index >= 15 is 0 Å². The predicted molar refractivity (Wildman–Crippen MR) is 186 cm³/mol. The summed E-state index contributed by atoms with van der Waals surface area (Å²) in [6, 6.07) is 37.0. The molecule has 2 aliphatic heterocycles. The van der Waals surface area contributed by atoms with Gasteiger partial charge >= 0.3 is 5.97 Å².